The lowest BCUT2D eigenvalue weighted by molar-refractivity contribution is 0.0931. The summed E-state index contributed by atoms with van der Waals surface area (Å²) >= 11 is 0. The van der Waals surface area contributed by atoms with E-state index in [1.54, 1.807) is 0 Å². The third-order valence-electron chi connectivity index (χ3n) is 2.68. The van der Waals surface area contributed by atoms with E-state index in [2.05, 4.69) is 20.8 Å². The molecule has 0 aliphatic rings. The lowest BCUT2D eigenvalue weighted by Gasteiger charge is -2.07. The molecule has 0 atom stereocenters. The van der Waals surface area contributed by atoms with Crippen LogP contribution < -0.4 is 10.6 Å². The maximum atomic E-state index is 13.5. The van der Waals surface area contributed by atoms with Crippen LogP contribution in [-0.2, 0) is 4.74 Å². The normalized spacial score (nSPS) is 10.3. The molecule has 0 bridgehead atoms. The van der Waals surface area contributed by atoms with Crippen molar-refractivity contribution in [3.8, 4) is 0 Å². The number of hydrogen-bond acceptors (Lipinski definition) is 5. The molecule has 0 fully saturated rings. The van der Waals surface area contributed by atoms with E-state index >= 15 is 0 Å². The maximum absolute atomic E-state index is 13.5. The van der Waals surface area contributed by atoms with Crippen LogP contribution in [0.15, 0.2) is 30.3 Å². The zero-order valence-corrected chi connectivity index (χ0v) is 11.8. The van der Waals surface area contributed by atoms with Gasteiger partial charge in [0.05, 0.1) is 12.3 Å². The van der Waals surface area contributed by atoms with E-state index in [1.807, 2.05) is 0 Å². The average molecular weight is 308 g/mol. The number of rotatable bonds is 6. The van der Waals surface area contributed by atoms with Gasteiger partial charge in [0.2, 0.25) is 0 Å². The van der Waals surface area contributed by atoms with Gasteiger partial charge >= 0.3 is 0 Å². The number of aromatic nitrogens is 2. The predicted molar refractivity (Wildman–Crippen MR) is 75.9 cm³/mol. The Labute approximate surface area is 125 Å². The second kappa shape index (κ2) is 7.41. The van der Waals surface area contributed by atoms with E-state index in [4.69, 9.17) is 4.74 Å². The van der Waals surface area contributed by atoms with Gasteiger partial charge in [-0.25, -0.2) is 8.78 Å². The van der Waals surface area contributed by atoms with Crippen molar-refractivity contribution in [2.24, 2.45) is 0 Å². The molecule has 1 aromatic heterocycles. The molecule has 0 radical (unpaired) electrons. The summed E-state index contributed by atoms with van der Waals surface area (Å²) in [6.07, 6.45) is 0. The number of halogens is 2. The third-order valence-corrected chi connectivity index (χ3v) is 2.68. The Bertz CT molecular complexity index is 650. The second-order valence-corrected chi connectivity index (χ2v) is 4.30. The van der Waals surface area contributed by atoms with Crippen LogP contribution >= 0.6 is 0 Å². The number of hydrogen-bond donors (Lipinski definition) is 2. The highest BCUT2D eigenvalue weighted by atomic mass is 19.1. The van der Waals surface area contributed by atoms with Crippen molar-refractivity contribution >= 4 is 17.4 Å². The van der Waals surface area contributed by atoms with Gasteiger partial charge in [0, 0.05) is 19.7 Å². The highest BCUT2D eigenvalue weighted by molar-refractivity contribution is 5.92. The Hall–Kier alpha value is -2.61. The molecule has 1 heterocycles. The lowest BCUT2D eigenvalue weighted by atomic mass is 10.3. The van der Waals surface area contributed by atoms with Crippen LogP contribution in [0.1, 0.15) is 10.5 Å². The van der Waals surface area contributed by atoms with Gasteiger partial charge in [-0.15, -0.1) is 10.2 Å². The molecule has 0 aliphatic heterocycles. The largest absolute Gasteiger partial charge is 0.383 e. The highest BCUT2D eigenvalue weighted by Gasteiger charge is 2.09. The van der Waals surface area contributed by atoms with Crippen molar-refractivity contribution < 1.29 is 18.3 Å². The summed E-state index contributed by atoms with van der Waals surface area (Å²) in [7, 11) is 1.53. The van der Waals surface area contributed by atoms with Crippen molar-refractivity contribution in [3.63, 3.8) is 0 Å². The number of nitrogens with zero attached hydrogens (tertiary/aromatic N) is 2. The first-order valence-electron chi connectivity index (χ1n) is 6.43. The van der Waals surface area contributed by atoms with Crippen LogP contribution in [-0.4, -0.2) is 36.4 Å². The smallest absolute Gasteiger partial charge is 0.271 e. The van der Waals surface area contributed by atoms with E-state index in [-0.39, 0.29) is 23.1 Å². The molecule has 2 aromatic rings. The molecule has 8 heteroatoms. The number of carbonyl (C=O) groups is 1. The van der Waals surface area contributed by atoms with Crippen LogP contribution in [0.5, 0.6) is 0 Å². The van der Waals surface area contributed by atoms with E-state index in [0.29, 0.717) is 13.2 Å². The monoisotopic (exact) mass is 308 g/mol. The summed E-state index contributed by atoms with van der Waals surface area (Å²) in [4.78, 5) is 11.7. The van der Waals surface area contributed by atoms with Crippen LogP contribution in [0.3, 0.4) is 0 Å². The van der Waals surface area contributed by atoms with Gasteiger partial charge in [-0.05, 0) is 24.3 Å². The van der Waals surface area contributed by atoms with E-state index in [9.17, 15) is 13.6 Å². The Balaban J connectivity index is 2.01. The summed E-state index contributed by atoms with van der Waals surface area (Å²) in [6, 6.07) is 6.04. The SMILES string of the molecule is COCCNC(=O)c1ccc(Nc2ccc(F)cc2F)nn1. The standard InChI is InChI=1S/C14H14F2N4O2/c1-22-7-6-17-14(21)12-4-5-13(20-19-12)18-11-3-2-9(15)8-10(11)16/h2-5,8H,6-7H2,1H3,(H,17,21)(H,18,20). The molecule has 2 rings (SSSR count). The fraction of sp³-hybridized carbons (Fsp3) is 0.214. The minimum atomic E-state index is -0.747. The minimum absolute atomic E-state index is 0.0630. The Morgan fingerprint density at radius 2 is 2.05 bits per heavy atom. The first-order valence-corrected chi connectivity index (χ1v) is 6.43. The second-order valence-electron chi connectivity index (χ2n) is 4.30. The number of nitrogens with one attached hydrogen (secondary N) is 2. The van der Waals surface area contributed by atoms with Gasteiger partial charge in [0.15, 0.2) is 11.5 Å². The number of anilines is 2. The molecule has 6 nitrogen and oxygen atoms in total. The molecule has 0 aliphatic carbocycles. The van der Waals surface area contributed by atoms with Crippen LogP contribution in [0.4, 0.5) is 20.3 Å². The molecular formula is C14H14F2N4O2. The van der Waals surface area contributed by atoms with E-state index < -0.39 is 11.6 Å². The van der Waals surface area contributed by atoms with Crippen LogP contribution in [0, 0.1) is 11.6 Å². The zero-order valence-electron chi connectivity index (χ0n) is 11.8. The number of benzene rings is 1. The lowest BCUT2D eigenvalue weighted by Crippen LogP contribution is -2.27. The molecule has 0 spiro atoms. The summed E-state index contributed by atoms with van der Waals surface area (Å²) < 4.78 is 31.1. The fourth-order valence-corrected chi connectivity index (χ4v) is 1.61. The van der Waals surface area contributed by atoms with E-state index in [1.165, 1.54) is 25.3 Å². The highest BCUT2D eigenvalue weighted by Crippen LogP contribution is 2.18. The van der Waals surface area contributed by atoms with Gasteiger partial charge in [-0.1, -0.05) is 0 Å². The predicted octanol–water partition coefficient (Wildman–Crippen LogP) is 1.87. The quantitative estimate of drug-likeness (QED) is 0.797. The molecule has 0 saturated carbocycles. The van der Waals surface area contributed by atoms with Crippen molar-refractivity contribution in [2.75, 3.05) is 25.6 Å². The molecular weight excluding hydrogens is 294 g/mol. The van der Waals surface area contributed by atoms with Gasteiger partial charge in [0.25, 0.3) is 5.91 Å². The van der Waals surface area contributed by atoms with Gasteiger partial charge in [-0.3, -0.25) is 4.79 Å². The number of carbonyl (C=O) groups excluding carboxylic acids is 1. The molecule has 1 amide bonds. The first-order chi connectivity index (χ1) is 10.6. The first kappa shape index (κ1) is 15.8. The molecule has 2 N–H and O–H groups in total. The number of methoxy groups -OCH3 is 1. The molecule has 22 heavy (non-hydrogen) atoms. The van der Waals surface area contributed by atoms with Gasteiger partial charge < -0.3 is 15.4 Å². The Morgan fingerprint density at radius 1 is 1.23 bits per heavy atom. The van der Waals surface area contributed by atoms with Crippen LogP contribution in [0.2, 0.25) is 0 Å². The van der Waals surface area contributed by atoms with Crippen molar-refractivity contribution in [1.29, 1.82) is 0 Å². The van der Waals surface area contributed by atoms with Gasteiger partial charge in [-0.2, -0.15) is 0 Å². The van der Waals surface area contributed by atoms with Crippen molar-refractivity contribution in [3.05, 3.63) is 47.7 Å². The number of amides is 1. The van der Waals surface area contributed by atoms with Gasteiger partial charge in [0.1, 0.15) is 11.6 Å². The maximum Gasteiger partial charge on any atom is 0.271 e. The molecule has 0 unspecified atom stereocenters. The van der Waals surface area contributed by atoms with Crippen LogP contribution in [0.25, 0.3) is 0 Å². The topological polar surface area (TPSA) is 76.1 Å². The average Bonchev–Trinajstić information content (AvgIpc) is 2.51. The minimum Gasteiger partial charge on any atom is -0.383 e. The Kier molecular flexibility index (Phi) is 5.31. The Morgan fingerprint density at radius 3 is 2.68 bits per heavy atom. The summed E-state index contributed by atoms with van der Waals surface area (Å²) in [5.41, 5.74) is 0.189. The zero-order chi connectivity index (χ0) is 15.9. The molecule has 0 saturated heterocycles. The molecule has 1 aromatic carbocycles. The summed E-state index contributed by atoms with van der Waals surface area (Å²) in [5.74, 6) is -1.57. The fourth-order valence-electron chi connectivity index (χ4n) is 1.61. The number of ether oxygens (including phenoxy) is 1. The third kappa shape index (κ3) is 4.19. The molecule has 116 valence electrons. The van der Waals surface area contributed by atoms with Crippen molar-refractivity contribution in [2.45, 2.75) is 0 Å². The van der Waals surface area contributed by atoms with E-state index in [0.717, 1.165) is 12.1 Å². The summed E-state index contributed by atoms with van der Waals surface area (Å²) in [6.45, 7) is 0.750. The van der Waals surface area contributed by atoms with Crippen molar-refractivity contribution in [1.82, 2.24) is 15.5 Å². The summed E-state index contributed by atoms with van der Waals surface area (Å²) in [5, 5.41) is 12.8.